The molecule has 0 aliphatic rings. The molecule has 8 valence electrons. The number of hydrogen-bond acceptors (Lipinski definition) is 0. The van der Waals surface area contributed by atoms with Gasteiger partial charge in [0.2, 0.25) is 0 Å². The second-order valence-corrected chi connectivity index (χ2v) is 0. The fourth-order valence-corrected chi connectivity index (χ4v) is 0. The topological polar surface area (TPSA) is 0 Å². The van der Waals surface area contributed by atoms with Crippen molar-refractivity contribution in [3.63, 3.8) is 0 Å². The summed E-state index contributed by atoms with van der Waals surface area (Å²) in [5, 5.41) is 0. The van der Waals surface area contributed by atoms with Crippen LogP contribution >= 0.6 is 0 Å². The van der Waals surface area contributed by atoms with E-state index in [1.54, 1.807) is 0 Å². The molecule has 0 saturated heterocycles. The molecule has 0 fully saturated rings. The predicted molar refractivity (Wildman–Crippen MR) is 17.3 cm³/mol. The Labute approximate surface area is 114 Å². The molecule has 0 aromatic heterocycles. The molecular formula is BCaKZn. The van der Waals surface area contributed by atoms with Crippen LogP contribution in [-0.2, 0) is 19.5 Å². The molecule has 0 amide bonds. The Balaban J connectivity index is 0. The molecular weight excluding hydrogens is 155 g/mol. The minimum absolute atomic E-state index is 0. The Hall–Kier alpha value is 3.58. The largest absolute Gasteiger partial charge is 0 e. The van der Waals surface area contributed by atoms with Crippen LogP contribution in [0.4, 0.5) is 0 Å². The van der Waals surface area contributed by atoms with Crippen LogP contribution < -0.4 is 0 Å². The van der Waals surface area contributed by atoms with Gasteiger partial charge in [0.05, 0.1) is 0 Å². The summed E-state index contributed by atoms with van der Waals surface area (Å²) >= 11 is 0. The van der Waals surface area contributed by atoms with E-state index in [0.717, 1.165) is 0 Å². The molecule has 0 aliphatic heterocycles. The van der Waals surface area contributed by atoms with Gasteiger partial charge in [0.25, 0.3) is 0 Å². The molecule has 6 radical (unpaired) electrons. The fraction of sp³-hybridized carbons (Fsp3) is 0. The molecule has 0 saturated carbocycles. The molecule has 4 heavy (non-hydrogen) atoms. The summed E-state index contributed by atoms with van der Waals surface area (Å²) in [7, 11) is 0. The Morgan fingerprint density at radius 2 is 1.00 bits per heavy atom. The van der Waals surface area contributed by atoms with Crippen LogP contribution in [-0.4, -0.2) is 97.5 Å². The Bertz CT molecular complexity index is 8.00. The van der Waals surface area contributed by atoms with E-state index in [2.05, 4.69) is 0 Å². The van der Waals surface area contributed by atoms with Crippen LogP contribution in [0, 0.1) is 0 Å². The van der Waals surface area contributed by atoms with Crippen molar-refractivity contribution < 1.29 is 19.5 Å². The van der Waals surface area contributed by atoms with E-state index in [1.165, 1.54) is 0 Å². The summed E-state index contributed by atoms with van der Waals surface area (Å²) in [4.78, 5) is 0. The van der Waals surface area contributed by atoms with Gasteiger partial charge in [-0.3, -0.25) is 0 Å². The van der Waals surface area contributed by atoms with E-state index in [-0.39, 0.29) is 117 Å². The van der Waals surface area contributed by atoms with Crippen LogP contribution in [0.25, 0.3) is 0 Å². The van der Waals surface area contributed by atoms with E-state index in [9.17, 15) is 0 Å². The third-order valence-electron chi connectivity index (χ3n) is 0. The molecule has 0 N–H and O–H groups in total. The maximum Gasteiger partial charge on any atom is 0 e. The molecule has 0 spiro atoms. The Kier molecular flexibility index (Phi) is 102. The first-order valence-corrected chi connectivity index (χ1v) is 0. The van der Waals surface area contributed by atoms with Crippen molar-refractivity contribution in [1.82, 2.24) is 0 Å². The van der Waals surface area contributed by atoms with Gasteiger partial charge in [0.1, 0.15) is 0 Å². The summed E-state index contributed by atoms with van der Waals surface area (Å²) < 4.78 is 0. The quantitative estimate of drug-likeness (QED) is 0.388. The van der Waals surface area contributed by atoms with E-state index in [1.807, 2.05) is 0 Å². The Morgan fingerprint density at radius 3 is 1.00 bits per heavy atom. The van der Waals surface area contributed by atoms with E-state index in [4.69, 9.17) is 0 Å². The molecule has 0 aromatic carbocycles. The first kappa shape index (κ1) is 25.6. The van der Waals surface area contributed by atoms with Crippen molar-refractivity contribution in [3.05, 3.63) is 0 Å². The van der Waals surface area contributed by atoms with Gasteiger partial charge in [0, 0.05) is 117 Å². The van der Waals surface area contributed by atoms with Crippen molar-refractivity contribution in [1.29, 1.82) is 0 Å². The average molecular weight is 155 g/mol. The van der Waals surface area contributed by atoms with Gasteiger partial charge in [0.15, 0.2) is 0 Å². The van der Waals surface area contributed by atoms with Crippen LogP contribution in [0.15, 0.2) is 0 Å². The smallest absolute Gasteiger partial charge is 0 e. The van der Waals surface area contributed by atoms with Crippen LogP contribution in [0.1, 0.15) is 0 Å². The molecule has 0 aliphatic carbocycles. The van der Waals surface area contributed by atoms with Gasteiger partial charge in [-0.2, -0.15) is 0 Å². The third kappa shape index (κ3) is 9.14. The zero-order valence-electron chi connectivity index (χ0n) is 2.99. The SMILES string of the molecule is [B].[Ca].[K].[Zn]. The van der Waals surface area contributed by atoms with E-state index < -0.39 is 0 Å². The van der Waals surface area contributed by atoms with Gasteiger partial charge in [-0.15, -0.1) is 0 Å². The van der Waals surface area contributed by atoms with Crippen LogP contribution in [0.3, 0.4) is 0 Å². The zero-order chi connectivity index (χ0) is 0. The van der Waals surface area contributed by atoms with Crippen molar-refractivity contribution in [2.75, 3.05) is 0 Å². The van der Waals surface area contributed by atoms with Crippen molar-refractivity contribution in [2.45, 2.75) is 0 Å². The van der Waals surface area contributed by atoms with Crippen molar-refractivity contribution in [2.24, 2.45) is 0 Å². The first-order valence-electron chi connectivity index (χ1n) is 0. The molecule has 0 nitrogen and oxygen atoms in total. The molecule has 0 heterocycles. The van der Waals surface area contributed by atoms with E-state index in [0.29, 0.717) is 0 Å². The standard InChI is InChI=1S/B.Ca.K.Zn. The summed E-state index contributed by atoms with van der Waals surface area (Å²) in [5.41, 5.74) is 0. The predicted octanol–water partition coefficient (Wildman–Crippen LogP) is -1.14. The molecule has 0 aromatic rings. The van der Waals surface area contributed by atoms with Crippen LogP contribution in [0.5, 0.6) is 0 Å². The minimum atomic E-state index is 0. The maximum atomic E-state index is 0. The van der Waals surface area contributed by atoms with Gasteiger partial charge in [-0.1, -0.05) is 0 Å². The Morgan fingerprint density at radius 1 is 1.00 bits per heavy atom. The summed E-state index contributed by atoms with van der Waals surface area (Å²) in [5.74, 6) is 0. The van der Waals surface area contributed by atoms with Gasteiger partial charge < -0.3 is 0 Å². The summed E-state index contributed by atoms with van der Waals surface area (Å²) in [6.45, 7) is 0. The number of rotatable bonds is 0. The maximum absolute atomic E-state index is 0. The van der Waals surface area contributed by atoms with Crippen molar-refractivity contribution >= 4 is 97.5 Å². The number of hydrogen-bond donors (Lipinski definition) is 0. The summed E-state index contributed by atoms with van der Waals surface area (Å²) in [6, 6.07) is 0. The van der Waals surface area contributed by atoms with Gasteiger partial charge in [-0.25, -0.2) is 0 Å². The fourth-order valence-electron chi connectivity index (χ4n) is 0. The molecule has 0 unspecified atom stereocenters. The summed E-state index contributed by atoms with van der Waals surface area (Å²) in [6.07, 6.45) is 0. The average Bonchev–Trinajstić information content (AvgIpc) is 0. The minimum Gasteiger partial charge on any atom is 0 e. The normalized spacial score (nSPS) is 0. The second kappa shape index (κ2) is 16.0. The molecule has 4 heteroatoms. The first-order chi connectivity index (χ1) is 0. The molecule has 0 rings (SSSR count). The zero-order valence-corrected chi connectivity index (χ0v) is 11.3. The monoisotopic (exact) mass is 154 g/mol. The van der Waals surface area contributed by atoms with E-state index >= 15 is 0 Å². The van der Waals surface area contributed by atoms with Gasteiger partial charge >= 0.3 is 0 Å². The van der Waals surface area contributed by atoms with Crippen molar-refractivity contribution in [3.8, 4) is 0 Å². The molecule has 0 bridgehead atoms. The van der Waals surface area contributed by atoms with Gasteiger partial charge in [-0.05, 0) is 0 Å². The van der Waals surface area contributed by atoms with Crippen LogP contribution in [0.2, 0.25) is 0 Å². The second-order valence-electron chi connectivity index (χ2n) is 0. The third-order valence-corrected chi connectivity index (χ3v) is 0. The molecule has 0 atom stereocenters.